The van der Waals surface area contributed by atoms with Crippen LogP contribution in [0.15, 0.2) is 23.3 Å². The highest BCUT2D eigenvalue weighted by atomic mass is 19.1. The molecule has 1 saturated heterocycles. The molecule has 10 nitrogen and oxygen atoms in total. The number of amides is 3. The van der Waals surface area contributed by atoms with E-state index < -0.39 is 29.6 Å². The molecule has 29 heavy (non-hydrogen) atoms. The molecule has 2 heterocycles. The van der Waals surface area contributed by atoms with E-state index in [-0.39, 0.29) is 18.4 Å². The van der Waals surface area contributed by atoms with Gasteiger partial charge in [0.15, 0.2) is 5.49 Å². The van der Waals surface area contributed by atoms with E-state index in [0.717, 1.165) is 37.6 Å². The van der Waals surface area contributed by atoms with Crippen LogP contribution in [0.4, 0.5) is 4.39 Å². The number of unbranched alkanes of at least 4 members (excludes halogenated alkanes) is 2. The van der Waals surface area contributed by atoms with Crippen LogP contribution < -0.4 is 10.9 Å². The van der Waals surface area contributed by atoms with E-state index in [0.29, 0.717) is 29.2 Å². The molecule has 160 valence electrons. The molecule has 0 radical (unpaired) electrons. The number of hydrazine groups is 1. The van der Waals surface area contributed by atoms with E-state index in [4.69, 9.17) is 0 Å². The van der Waals surface area contributed by atoms with E-state index in [9.17, 15) is 29.2 Å². The molecular formula is C18H26FN5O5. The van der Waals surface area contributed by atoms with E-state index in [1.54, 1.807) is 0 Å². The van der Waals surface area contributed by atoms with Crippen molar-refractivity contribution < 1.29 is 29.2 Å². The Bertz CT molecular complexity index is 799. The zero-order chi connectivity index (χ0) is 21.4. The third kappa shape index (κ3) is 6.09. The van der Waals surface area contributed by atoms with Crippen molar-refractivity contribution in [3.8, 4) is 0 Å². The van der Waals surface area contributed by atoms with Gasteiger partial charge in [-0.25, -0.2) is 14.9 Å². The van der Waals surface area contributed by atoms with E-state index in [1.165, 1.54) is 5.01 Å². The summed E-state index contributed by atoms with van der Waals surface area (Å²) >= 11 is 0. The first-order valence-corrected chi connectivity index (χ1v) is 9.50. The highest BCUT2D eigenvalue weighted by Gasteiger charge is 2.37. The Morgan fingerprint density at radius 1 is 1.45 bits per heavy atom. The maximum atomic E-state index is 13.1. The van der Waals surface area contributed by atoms with Gasteiger partial charge in [0.1, 0.15) is 11.9 Å². The standard InChI is InChI=1S/C18H26FN5O5/c1-2-3-4-5-13(10-22(28)12-25)18(27)24-15(8-9-20-24)17(26)21-16-7-6-14(19)11-23(16)29/h6-7,11-13,15,20,28-29H,2-5,8-10H2,1H3. The van der Waals surface area contributed by atoms with Crippen molar-refractivity contribution in [1.29, 1.82) is 0 Å². The Morgan fingerprint density at radius 2 is 2.21 bits per heavy atom. The van der Waals surface area contributed by atoms with Gasteiger partial charge in [0.2, 0.25) is 12.3 Å². The predicted molar refractivity (Wildman–Crippen MR) is 97.6 cm³/mol. The summed E-state index contributed by atoms with van der Waals surface area (Å²) in [5, 5.41) is 20.8. The molecule has 3 amide bonds. The molecule has 0 aliphatic carbocycles. The van der Waals surface area contributed by atoms with Crippen LogP contribution in [0.1, 0.15) is 39.0 Å². The van der Waals surface area contributed by atoms with Gasteiger partial charge in [-0.15, -0.1) is 0 Å². The largest absolute Gasteiger partial charge is 0.427 e. The van der Waals surface area contributed by atoms with Gasteiger partial charge in [0.25, 0.3) is 5.91 Å². The van der Waals surface area contributed by atoms with E-state index in [1.807, 2.05) is 6.92 Å². The summed E-state index contributed by atoms with van der Waals surface area (Å²) in [5.74, 6) is -2.49. The zero-order valence-corrected chi connectivity index (χ0v) is 16.2. The summed E-state index contributed by atoms with van der Waals surface area (Å²) in [6.07, 6.45) is 4.31. The van der Waals surface area contributed by atoms with E-state index >= 15 is 0 Å². The fourth-order valence-electron chi connectivity index (χ4n) is 3.16. The average Bonchev–Trinajstić information content (AvgIpc) is 3.18. The monoisotopic (exact) mass is 411 g/mol. The fourth-order valence-corrected chi connectivity index (χ4v) is 3.16. The number of hydroxylamine groups is 2. The van der Waals surface area contributed by atoms with Crippen molar-refractivity contribution in [3.05, 3.63) is 29.6 Å². The Kier molecular flexibility index (Phi) is 8.28. The van der Waals surface area contributed by atoms with Crippen molar-refractivity contribution >= 4 is 18.2 Å². The molecule has 0 bridgehead atoms. The number of aromatic nitrogens is 1. The third-order valence-electron chi connectivity index (χ3n) is 4.67. The summed E-state index contributed by atoms with van der Waals surface area (Å²) in [4.78, 5) is 40.1. The molecule has 0 aromatic carbocycles. The molecule has 0 saturated carbocycles. The van der Waals surface area contributed by atoms with Crippen LogP contribution >= 0.6 is 0 Å². The molecule has 2 rings (SSSR count). The van der Waals surface area contributed by atoms with Gasteiger partial charge in [-0.1, -0.05) is 26.2 Å². The van der Waals surface area contributed by atoms with Crippen molar-refractivity contribution in [2.24, 2.45) is 10.9 Å². The highest BCUT2D eigenvalue weighted by Crippen LogP contribution is 2.19. The van der Waals surface area contributed by atoms with Gasteiger partial charge in [0.05, 0.1) is 18.7 Å². The quantitative estimate of drug-likeness (QED) is 0.178. The second-order valence-electron chi connectivity index (χ2n) is 6.84. The molecule has 11 heteroatoms. The van der Waals surface area contributed by atoms with Gasteiger partial charge in [0, 0.05) is 6.54 Å². The molecule has 1 aliphatic heterocycles. The summed E-state index contributed by atoms with van der Waals surface area (Å²) in [5.41, 5.74) is 2.68. The number of hydrogen-bond acceptors (Lipinski definition) is 6. The first-order valence-electron chi connectivity index (χ1n) is 9.50. The lowest BCUT2D eigenvalue weighted by atomic mass is 9.99. The van der Waals surface area contributed by atoms with Crippen LogP contribution in [0, 0.1) is 11.7 Å². The highest BCUT2D eigenvalue weighted by molar-refractivity contribution is 5.89. The second kappa shape index (κ2) is 10.7. The summed E-state index contributed by atoms with van der Waals surface area (Å²) in [6, 6.07) is 1.28. The SMILES string of the molecule is CCCCCC(CN(O)C=O)C(=O)N1NCCC1C(=O)N=c1ccc(F)cn1O. The minimum Gasteiger partial charge on any atom is -0.427 e. The minimum absolute atomic E-state index is 0.169. The fraction of sp³-hybridized carbons (Fsp3) is 0.556. The molecule has 1 aromatic rings. The smallest absolute Gasteiger partial charge is 0.272 e. The van der Waals surface area contributed by atoms with Crippen molar-refractivity contribution in [2.45, 2.75) is 45.1 Å². The number of nitrogens with one attached hydrogen (secondary N) is 1. The maximum absolute atomic E-state index is 13.1. The number of pyridine rings is 1. The van der Waals surface area contributed by atoms with Crippen molar-refractivity contribution in [3.63, 3.8) is 0 Å². The summed E-state index contributed by atoms with van der Waals surface area (Å²) in [6.45, 7) is 2.19. The third-order valence-corrected chi connectivity index (χ3v) is 4.67. The lowest BCUT2D eigenvalue weighted by molar-refractivity contribution is -0.159. The van der Waals surface area contributed by atoms with Crippen molar-refractivity contribution in [2.75, 3.05) is 13.1 Å². The Morgan fingerprint density at radius 3 is 2.86 bits per heavy atom. The molecule has 3 N–H and O–H groups in total. The van der Waals surface area contributed by atoms with Crippen LogP contribution in [0.2, 0.25) is 0 Å². The molecule has 1 aromatic heterocycles. The van der Waals surface area contributed by atoms with Crippen LogP contribution in [0.25, 0.3) is 0 Å². The number of rotatable bonds is 9. The van der Waals surface area contributed by atoms with Crippen LogP contribution in [-0.4, -0.2) is 62.6 Å². The van der Waals surface area contributed by atoms with Crippen LogP contribution in [0.5, 0.6) is 0 Å². The molecule has 1 aliphatic rings. The first kappa shape index (κ1) is 22.5. The number of hydrogen-bond donors (Lipinski definition) is 3. The lowest BCUT2D eigenvalue weighted by Gasteiger charge is -2.27. The molecule has 2 atom stereocenters. The second-order valence-corrected chi connectivity index (χ2v) is 6.84. The predicted octanol–water partition coefficient (Wildman–Crippen LogP) is 0.441. The molecule has 0 spiro atoms. The number of nitrogens with zero attached hydrogens (tertiary/aromatic N) is 4. The minimum atomic E-state index is -0.912. The van der Waals surface area contributed by atoms with Gasteiger partial charge < -0.3 is 5.21 Å². The number of carbonyl (C=O) groups is 3. The van der Waals surface area contributed by atoms with Crippen LogP contribution in [-0.2, 0) is 14.4 Å². The number of halogens is 1. The van der Waals surface area contributed by atoms with Crippen molar-refractivity contribution in [1.82, 2.24) is 20.2 Å². The lowest BCUT2D eigenvalue weighted by Crippen LogP contribution is -2.50. The molecule has 2 unspecified atom stereocenters. The topological polar surface area (TPSA) is 127 Å². The Balaban J connectivity index is 2.18. The average molecular weight is 411 g/mol. The molecule has 1 fully saturated rings. The summed E-state index contributed by atoms with van der Waals surface area (Å²) in [7, 11) is 0. The van der Waals surface area contributed by atoms with Gasteiger partial charge in [-0.2, -0.15) is 9.72 Å². The molecular weight excluding hydrogens is 385 g/mol. The Labute approximate surface area is 167 Å². The van der Waals surface area contributed by atoms with Crippen LogP contribution in [0.3, 0.4) is 0 Å². The Hall–Kier alpha value is -2.79. The number of carbonyl (C=O) groups excluding carboxylic acids is 3. The van der Waals surface area contributed by atoms with Gasteiger partial charge in [-0.05, 0) is 25.0 Å². The summed E-state index contributed by atoms with van der Waals surface area (Å²) < 4.78 is 13.5. The zero-order valence-electron chi connectivity index (χ0n) is 16.2. The van der Waals surface area contributed by atoms with Gasteiger partial charge in [-0.3, -0.25) is 24.6 Å². The maximum Gasteiger partial charge on any atom is 0.272 e. The van der Waals surface area contributed by atoms with Gasteiger partial charge >= 0.3 is 0 Å². The normalized spacial score (nSPS) is 18.0. The van der Waals surface area contributed by atoms with E-state index in [2.05, 4.69) is 10.4 Å². The first-order chi connectivity index (χ1) is 13.9.